The molecule has 2 aliphatic rings. The SMILES string of the molecule is CCC1(CNC(=NC)NCCCCN2C(=O)c3ccccc3C2=O)CCC1. The van der Waals surface area contributed by atoms with E-state index in [0.717, 1.165) is 31.9 Å². The number of nitrogens with zero attached hydrogens (tertiary/aromatic N) is 2. The van der Waals surface area contributed by atoms with Crippen molar-refractivity contribution >= 4 is 17.8 Å². The molecule has 1 fully saturated rings. The molecule has 0 aromatic heterocycles. The van der Waals surface area contributed by atoms with Gasteiger partial charge in [-0.15, -0.1) is 0 Å². The van der Waals surface area contributed by atoms with Gasteiger partial charge in [0.05, 0.1) is 11.1 Å². The molecule has 1 heterocycles. The highest BCUT2D eigenvalue weighted by Gasteiger charge is 2.35. The monoisotopic (exact) mass is 370 g/mol. The van der Waals surface area contributed by atoms with Gasteiger partial charge in [-0.25, -0.2) is 0 Å². The van der Waals surface area contributed by atoms with Crippen molar-refractivity contribution in [3.05, 3.63) is 35.4 Å². The summed E-state index contributed by atoms with van der Waals surface area (Å²) in [5, 5.41) is 6.77. The molecule has 1 aliphatic carbocycles. The molecule has 1 aromatic carbocycles. The van der Waals surface area contributed by atoms with Gasteiger partial charge in [0.15, 0.2) is 5.96 Å². The second-order valence-electron chi connectivity index (χ2n) is 7.57. The zero-order valence-electron chi connectivity index (χ0n) is 16.4. The highest BCUT2D eigenvalue weighted by Crippen LogP contribution is 2.42. The Morgan fingerprint density at radius 2 is 1.78 bits per heavy atom. The van der Waals surface area contributed by atoms with Crippen molar-refractivity contribution in [3.8, 4) is 0 Å². The minimum absolute atomic E-state index is 0.175. The van der Waals surface area contributed by atoms with Gasteiger partial charge in [-0.05, 0) is 49.7 Å². The summed E-state index contributed by atoms with van der Waals surface area (Å²) in [6.07, 6.45) is 6.78. The van der Waals surface area contributed by atoms with Crippen molar-refractivity contribution < 1.29 is 9.59 Å². The van der Waals surface area contributed by atoms with Gasteiger partial charge in [-0.3, -0.25) is 19.5 Å². The fourth-order valence-electron chi connectivity index (χ4n) is 3.87. The summed E-state index contributed by atoms with van der Waals surface area (Å²) in [7, 11) is 1.79. The summed E-state index contributed by atoms with van der Waals surface area (Å²) in [5.74, 6) is 0.480. The van der Waals surface area contributed by atoms with Crippen LogP contribution < -0.4 is 10.6 Å². The third-order valence-corrected chi connectivity index (χ3v) is 6.00. The van der Waals surface area contributed by atoms with Crippen LogP contribution in [0.5, 0.6) is 0 Å². The fourth-order valence-corrected chi connectivity index (χ4v) is 3.87. The summed E-state index contributed by atoms with van der Waals surface area (Å²) in [6, 6.07) is 7.03. The molecule has 146 valence electrons. The predicted octanol–water partition coefficient (Wildman–Crippen LogP) is 2.81. The van der Waals surface area contributed by atoms with Crippen LogP contribution in [0.3, 0.4) is 0 Å². The average Bonchev–Trinajstić information content (AvgIpc) is 2.90. The van der Waals surface area contributed by atoms with Crippen molar-refractivity contribution in [1.82, 2.24) is 15.5 Å². The molecule has 0 unspecified atom stereocenters. The number of benzene rings is 1. The van der Waals surface area contributed by atoms with Gasteiger partial charge in [0.2, 0.25) is 0 Å². The van der Waals surface area contributed by atoms with Gasteiger partial charge in [0, 0.05) is 26.7 Å². The van der Waals surface area contributed by atoms with Crippen molar-refractivity contribution in [1.29, 1.82) is 0 Å². The number of guanidine groups is 1. The Kier molecular flexibility index (Phi) is 6.14. The second-order valence-corrected chi connectivity index (χ2v) is 7.57. The van der Waals surface area contributed by atoms with Crippen LogP contribution in [0.1, 0.15) is 66.2 Å². The van der Waals surface area contributed by atoms with Gasteiger partial charge in [0.1, 0.15) is 0 Å². The molecule has 27 heavy (non-hydrogen) atoms. The second kappa shape index (κ2) is 8.55. The zero-order valence-corrected chi connectivity index (χ0v) is 16.4. The molecule has 0 saturated heterocycles. The Balaban J connectivity index is 1.37. The lowest BCUT2D eigenvalue weighted by molar-refractivity contribution is 0.0652. The Morgan fingerprint density at radius 3 is 2.30 bits per heavy atom. The van der Waals surface area contributed by atoms with Crippen molar-refractivity contribution in [2.24, 2.45) is 10.4 Å². The predicted molar refractivity (Wildman–Crippen MR) is 107 cm³/mol. The Bertz CT molecular complexity index is 684. The number of hydrogen-bond donors (Lipinski definition) is 2. The topological polar surface area (TPSA) is 73.8 Å². The Hall–Kier alpha value is -2.37. The summed E-state index contributed by atoms with van der Waals surface area (Å²) in [6.45, 7) is 4.45. The van der Waals surface area contributed by atoms with E-state index in [4.69, 9.17) is 0 Å². The van der Waals surface area contributed by atoms with Gasteiger partial charge in [0.25, 0.3) is 11.8 Å². The minimum Gasteiger partial charge on any atom is -0.356 e. The van der Waals surface area contributed by atoms with E-state index in [9.17, 15) is 9.59 Å². The Morgan fingerprint density at radius 1 is 1.11 bits per heavy atom. The van der Waals surface area contributed by atoms with Crippen LogP contribution in [0.15, 0.2) is 29.3 Å². The number of carbonyl (C=O) groups is 2. The van der Waals surface area contributed by atoms with Crippen molar-refractivity contribution in [3.63, 3.8) is 0 Å². The summed E-state index contributed by atoms with van der Waals surface area (Å²) in [5.41, 5.74) is 1.49. The third-order valence-electron chi connectivity index (χ3n) is 6.00. The molecule has 1 aliphatic heterocycles. The first-order valence-electron chi connectivity index (χ1n) is 10.00. The molecule has 0 bridgehead atoms. The van der Waals surface area contributed by atoms with E-state index in [1.54, 1.807) is 31.3 Å². The number of aliphatic imine (C=N–C) groups is 1. The molecule has 0 atom stereocenters. The molecular weight excluding hydrogens is 340 g/mol. The number of unbranched alkanes of at least 4 members (excludes halogenated alkanes) is 1. The number of carbonyl (C=O) groups excluding carboxylic acids is 2. The first-order chi connectivity index (χ1) is 13.1. The first kappa shape index (κ1) is 19.4. The number of fused-ring (bicyclic) bond motifs is 1. The molecule has 6 nitrogen and oxygen atoms in total. The molecule has 0 radical (unpaired) electrons. The lowest BCUT2D eigenvalue weighted by Gasteiger charge is -2.41. The van der Waals surface area contributed by atoms with E-state index in [1.807, 2.05) is 0 Å². The first-order valence-corrected chi connectivity index (χ1v) is 10.00. The standard InChI is InChI=1S/C21H30N4O2/c1-3-21(11-8-12-21)15-24-20(22-2)23-13-6-7-14-25-18(26)16-9-4-5-10-17(16)19(25)27/h4-5,9-10H,3,6-8,11-15H2,1-2H3,(H2,22,23,24). The van der Waals surface area contributed by atoms with Crippen molar-refractivity contribution in [2.45, 2.75) is 45.4 Å². The maximum atomic E-state index is 12.3. The Labute approximate surface area is 161 Å². The quantitative estimate of drug-likeness (QED) is 0.319. The molecule has 2 N–H and O–H groups in total. The minimum atomic E-state index is -0.175. The highest BCUT2D eigenvalue weighted by molar-refractivity contribution is 6.21. The number of rotatable bonds is 8. The number of hydrogen-bond acceptors (Lipinski definition) is 3. The lowest BCUT2D eigenvalue weighted by atomic mass is 9.67. The van der Waals surface area contributed by atoms with E-state index in [0.29, 0.717) is 23.1 Å². The van der Waals surface area contributed by atoms with Crippen LogP contribution in [-0.4, -0.2) is 49.4 Å². The van der Waals surface area contributed by atoms with Gasteiger partial charge < -0.3 is 10.6 Å². The average molecular weight is 370 g/mol. The number of amides is 2. The fraction of sp³-hybridized carbons (Fsp3) is 0.571. The van der Waals surface area contributed by atoms with E-state index in [1.165, 1.54) is 30.6 Å². The number of imide groups is 1. The van der Waals surface area contributed by atoms with E-state index in [2.05, 4.69) is 22.5 Å². The molecule has 1 aromatic rings. The van der Waals surface area contributed by atoms with E-state index in [-0.39, 0.29) is 11.8 Å². The molecule has 6 heteroatoms. The molecular formula is C21H30N4O2. The molecule has 2 amide bonds. The maximum Gasteiger partial charge on any atom is 0.261 e. The number of nitrogens with one attached hydrogen (secondary N) is 2. The van der Waals surface area contributed by atoms with Gasteiger partial charge in [-0.2, -0.15) is 0 Å². The molecule has 3 rings (SSSR count). The van der Waals surface area contributed by atoms with E-state index >= 15 is 0 Å². The van der Waals surface area contributed by atoms with E-state index < -0.39 is 0 Å². The molecule has 0 spiro atoms. The maximum absolute atomic E-state index is 12.3. The normalized spacial score (nSPS) is 18.3. The summed E-state index contributed by atoms with van der Waals surface area (Å²) < 4.78 is 0. The van der Waals surface area contributed by atoms with Crippen LogP contribution >= 0.6 is 0 Å². The van der Waals surface area contributed by atoms with Crippen LogP contribution in [0.4, 0.5) is 0 Å². The smallest absolute Gasteiger partial charge is 0.261 e. The lowest BCUT2D eigenvalue weighted by Crippen LogP contribution is -2.46. The van der Waals surface area contributed by atoms with Crippen LogP contribution in [-0.2, 0) is 0 Å². The van der Waals surface area contributed by atoms with Gasteiger partial charge in [-0.1, -0.05) is 25.5 Å². The van der Waals surface area contributed by atoms with Crippen LogP contribution in [0.2, 0.25) is 0 Å². The third kappa shape index (κ3) is 4.15. The van der Waals surface area contributed by atoms with Crippen LogP contribution in [0.25, 0.3) is 0 Å². The van der Waals surface area contributed by atoms with Gasteiger partial charge >= 0.3 is 0 Å². The van der Waals surface area contributed by atoms with Crippen LogP contribution in [0, 0.1) is 5.41 Å². The summed E-state index contributed by atoms with van der Waals surface area (Å²) >= 11 is 0. The zero-order chi connectivity index (χ0) is 19.3. The largest absolute Gasteiger partial charge is 0.356 e. The summed E-state index contributed by atoms with van der Waals surface area (Å²) in [4.78, 5) is 30.3. The highest BCUT2D eigenvalue weighted by atomic mass is 16.2. The van der Waals surface area contributed by atoms with Crippen molar-refractivity contribution in [2.75, 3.05) is 26.7 Å². The molecule has 1 saturated carbocycles.